The van der Waals surface area contributed by atoms with Crippen molar-refractivity contribution >= 4 is 11.7 Å². The number of halogens is 1. The fourth-order valence-corrected chi connectivity index (χ4v) is 4.80. The van der Waals surface area contributed by atoms with Gasteiger partial charge in [0.15, 0.2) is 0 Å². The maximum atomic E-state index is 14.2. The van der Waals surface area contributed by atoms with Crippen molar-refractivity contribution in [3.8, 4) is 5.69 Å². The molecule has 0 saturated carbocycles. The lowest BCUT2D eigenvalue weighted by molar-refractivity contribution is -0.137. The van der Waals surface area contributed by atoms with Gasteiger partial charge < -0.3 is 19.4 Å². The number of rotatable bonds is 11. The third-order valence-corrected chi connectivity index (χ3v) is 6.86. The normalized spacial score (nSPS) is 14.2. The van der Waals surface area contributed by atoms with Crippen molar-refractivity contribution in [2.75, 3.05) is 50.8 Å². The van der Waals surface area contributed by atoms with Crippen LogP contribution in [0.3, 0.4) is 0 Å². The van der Waals surface area contributed by atoms with E-state index in [0.29, 0.717) is 25.4 Å². The van der Waals surface area contributed by atoms with Gasteiger partial charge in [0.2, 0.25) is 5.91 Å². The Hall–Kier alpha value is -3.23. The first kappa shape index (κ1) is 26.8. The number of aromatic nitrogens is 2. The van der Waals surface area contributed by atoms with E-state index in [1.54, 1.807) is 6.07 Å². The van der Waals surface area contributed by atoms with Gasteiger partial charge in [-0.05, 0) is 43.7 Å². The van der Waals surface area contributed by atoms with Crippen molar-refractivity contribution < 1.29 is 13.9 Å². The smallest absolute Gasteiger partial charge is 0.248 e. The molecule has 3 aromatic rings. The number of likely N-dealkylation sites (N-methyl/N-ethyl adjacent to an activating group) is 1. The standard InChI is InChI=1S/C29H38FN5O2/c1-4-14-34(28(36)22-37-21-24-10-7-6-8-11-24)20-27-23(3)31-35(26-13-9-12-25(30)19-26)29(27)33-17-15-32(5-2)16-18-33/h6-13,19H,4-5,14-18,20-22H2,1-3H3. The Morgan fingerprint density at radius 2 is 1.81 bits per heavy atom. The van der Waals surface area contributed by atoms with Crippen LogP contribution in [0.1, 0.15) is 37.1 Å². The zero-order chi connectivity index (χ0) is 26.2. The fraction of sp³-hybridized carbons (Fsp3) is 0.448. The molecule has 1 saturated heterocycles. The molecule has 0 aliphatic carbocycles. The van der Waals surface area contributed by atoms with Gasteiger partial charge in [0.1, 0.15) is 18.2 Å². The Labute approximate surface area is 219 Å². The highest BCUT2D eigenvalue weighted by Crippen LogP contribution is 2.30. The Morgan fingerprint density at radius 1 is 1.05 bits per heavy atom. The quantitative estimate of drug-likeness (QED) is 0.385. The van der Waals surface area contributed by atoms with Crippen LogP contribution in [0, 0.1) is 12.7 Å². The maximum absolute atomic E-state index is 14.2. The molecule has 7 nitrogen and oxygen atoms in total. The second kappa shape index (κ2) is 12.8. The predicted octanol–water partition coefficient (Wildman–Crippen LogP) is 4.42. The van der Waals surface area contributed by atoms with E-state index in [9.17, 15) is 9.18 Å². The molecule has 1 aliphatic heterocycles. The van der Waals surface area contributed by atoms with E-state index in [-0.39, 0.29) is 18.3 Å². The van der Waals surface area contributed by atoms with Gasteiger partial charge in [0.25, 0.3) is 0 Å². The molecule has 1 aliphatic rings. The van der Waals surface area contributed by atoms with Crippen LogP contribution in [0.4, 0.5) is 10.2 Å². The van der Waals surface area contributed by atoms with E-state index in [2.05, 4.69) is 23.6 Å². The molecule has 0 spiro atoms. The molecule has 0 bridgehead atoms. The van der Waals surface area contributed by atoms with Crippen LogP contribution in [0.15, 0.2) is 54.6 Å². The summed E-state index contributed by atoms with van der Waals surface area (Å²) in [6.07, 6.45) is 0.839. The van der Waals surface area contributed by atoms with Gasteiger partial charge in [0.05, 0.1) is 24.5 Å². The van der Waals surface area contributed by atoms with Gasteiger partial charge in [0, 0.05) is 38.3 Å². The Kier molecular flexibility index (Phi) is 9.30. The van der Waals surface area contributed by atoms with Gasteiger partial charge >= 0.3 is 0 Å². The molecule has 0 atom stereocenters. The number of nitrogens with zero attached hydrogens (tertiary/aromatic N) is 5. The molecule has 8 heteroatoms. The van der Waals surface area contributed by atoms with Crippen LogP contribution in [-0.2, 0) is 22.7 Å². The zero-order valence-corrected chi connectivity index (χ0v) is 22.2. The van der Waals surface area contributed by atoms with E-state index in [1.165, 1.54) is 12.1 Å². The van der Waals surface area contributed by atoms with Gasteiger partial charge in [-0.1, -0.05) is 50.2 Å². The largest absolute Gasteiger partial charge is 0.367 e. The van der Waals surface area contributed by atoms with Crippen LogP contribution in [-0.4, -0.2) is 71.4 Å². The Balaban J connectivity index is 1.58. The van der Waals surface area contributed by atoms with Crippen molar-refractivity contribution in [3.63, 3.8) is 0 Å². The summed E-state index contributed by atoms with van der Waals surface area (Å²) >= 11 is 0. The first-order chi connectivity index (χ1) is 18.0. The van der Waals surface area contributed by atoms with Crippen molar-refractivity contribution in [2.24, 2.45) is 0 Å². The molecule has 0 radical (unpaired) electrons. The van der Waals surface area contributed by atoms with Crippen LogP contribution >= 0.6 is 0 Å². The SMILES string of the molecule is CCCN(Cc1c(C)nn(-c2cccc(F)c2)c1N1CCN(CC)CC1)C(=O)COCc1ccccc1. The summed E-state index contributed by atoms with van der Waals surface area (Å²) in [6.45, 7) is 12.3. The molecule has 4 rings (SSSR count). The maximum Gasteiger partial charge on any atom is 0.248 e. The number of anilines is 1. The number of hydrogen-bond donors (Lipinski definition) is 0. The molecule has 1 fully saturated rings. The molecule has 37 heavy (non-hydrogen) atoms. The predicted molar refractivity (Wildman–Crippen MR) is 144 cm³/mol. The number of piperazine rings is 1. The average Bonchev–Trinajstić information content (AvgIpc) is 3.24. The number of hydrogen-bond acceptors (Lipinski definition) is 5. The second-order valence-electron chi connectivity index (χ2n) is 9.49. The minimum Gasteiger partial charge on any atom is -0.367 e. The first-order valence-electron chi connectivity index (χ1n) is 13.2. The van der Waals surface area contributed by atoms with Crippen LogP contribution in [0.2, 0.25) is 0 Å². The van der Waals surface area contributed by atoms with Crippen molar-refractivity contribution in [2.45, 2.75) is 40.3 Å². The highest BCUT2D eigenvalue weighted by molar-refractivity contribution is 5.77. The van der Waals surface area contributed by atoms with Crippen LogP contribution < -0.4 is 4.90 Å². The molecule has 2 aromatic carbocycles. The van der Waals surface area contributed by atoms with Crippen LogP contribution in [0.5, 0.6) is 0 Å². The molecule has 0 unspecified atom stereocenters. The lowest BCUT2D eigenvalue weighted by Gasteiger charge is -2.36. The summed E-state index contributed by atoms with van der Waals surface area (Å²) in [7, 11) is 0. The summed E-state index contributed by atoms with van der Waals surface area (Å²) in [5.41, 5.74) is 3.57. The lowest BCUT2D eigenvalue weighted by Crippen LogP contribution is -2.47. The van der Waals surface area contributed by atoms with Gasteiger partial charge in [-0.2, -0.15) is 5.10 Å². The highest BCUT2D eigenvalue weighted by atomic mass is 19.1. The first-order valence-corrected chi connectivity index (χ1v) is 13.2. The number of carbonyl (C=O) groups is 1. The van der Waals surface area contributed by atoms with Crippen LogP contribution in [0.25, 0.3) is 5.69 Å². The molecule has 1 amide bonds. The molecular formula is C29H38FN5O2. The van der Waals surface area contributed by atoms with E-state index in [4.69, 9.17) is 9.84 Å². The summed E-state index contributed by atoms with van der Waals surface area (Å²) in [6, 6.07) is 16.4. The molecule has 1 aromatic heterocycles. The molecular weight excluding hydrogens is 469 g/mol. The van der Waals surface area contributed by atoms with Crippen molar-refractivity contribution in [1.29, 1.82) is 0 Å². The topological polar surface area (TPSA) is 53.8 Å². The summed E-state index contributed by atoms with van der Waals surface area (Å²) in [4.78, 5) is 19.8. The van der Waals surface area contributed by atoms with Crippen molar-refractivity contribution in [1.82, 2.24) is 19.6 Å². The Bertz CT molecular complexity index is 1160. The third-order valence-electron chi connectivity index (χ3n) is 6.86. The van der Waals surface area contributed by atoms with E-state index < -0.39 is 0 Å². The van der Waals surface area contributed by atoms with E-state index >= 15 is 0 Å². The fourth-order valence-electron chi connectivity index (χ4n) is 4.80. The summed E-state index contributed by atoms with van der Waals surface area (Å²) < 4.78 is 21.8. The summed E-state index contributed by atoms with van der Waals surface area (Å²) in [5, 5.41) is 4.84. The van der Waals surface area contributed by atoms with E-state index in [1.807, 2.05) is 52.9 Å². The third kappa shape index (κ3) is 6.76. The second-order valence-corrected chi connectivity index (χ2v) is 9.49. The monoisotopic (exact) mass is 507 g/mol. The number of amides is 1. The number of ether oxygens (including phenoxy) is 1. The highest BCUT2D eigenvalue weighted by Gasteiger charge is 2.27. The molecule has 0 N–H and O–H groups in total. The lowest BCUT2D eigenvalue weighted by atomic mass is 10.1. The Morgan fingerprint density at radius 3 is 2.49 bits per heavy atom. The molecule has 2 heterocycles. The van der Waals surface area contributed by atoms with Crippen molar-refractivity contribution in [3.05, 3.63) is 77.2 Å². The van der Waals surface area contributed by atoms with Gasteiger partial charge in [-0.15, -0.1) is 0 Å². The number of benzene rings is 2. The van der Waals surface area contributed by atoms with Gasteiger partial charge in [-0.25, -0.2) is 9.07 Å². The number of aryl methyl sites for hydroxylation is 1. The zero-order valence-electron chi connectivity index (χ0n) is 22.2. The minimum atomic E-state index is -0.299. The average molecular weight is 508 g/mol. The minimum absolute atomic E-state index is 0.0243. The summed E-state index contributed by atoms with van der Waals surface area (Å²) in [5.74, 6) is 0.600. The molecule has 198 valence electrons. The number of carbonyl (C=O) groups excluding carboxylic acids is 1. The van der Waals surface area contributed by atoms with Gasteiger partial charge in [-0.3, -0.25) is 4.79 Å². The van der Waals surface area contributed by atoms with E-state index in [0.717, 1.165) is 61.8 Å².